The fourth-order valence-electron chi connectivity index (χ4n) is 2.66. The zero-order valence-electron chi connectivity index (χ0n) is 13.9. The summed E-state index contributed by atoms with van der Waals surface area (Å²) < 4.78 is 0.583. The number of aromatic nitrogens is 1. The number of hydrogen-bond acceptors (Lipinski definition) is 6. The van der Waals surface area contributed by atoms with E-state index >= 15 is 0 Å². The van der Waals surface area contributed by atoms with Crippen molar-refractivity contribution in [3.63, 3.8) is 0 Å². The van der Waals surface area contributed by atoms with E-state index in [9.17, 15) is 14.7 Å². The monoisotopic (exact) mass is 438 g/mol. The third-order valence-electron chi connectivity index (χ3n) is 4.04. The number of thiazole rings is 1. The van der Waals surface area contributed by atoms with E-state index in [-0.39, 0.29) is 11.6 Å². The first-order chi connectivity index (χ1) is 12.6. The van der Waals surface area contributed by atoms with Crippen LogP contribution in [0.15, 0.2) is 34.1 Å². The minimum atomic E-state index is -0.977. The quantitative estimate of drug-likeness (QED) is 0.649. The van der Waals surface area contributed by atoms with Crippen LogP contribution >= 0.6 is 27.3 Å². The summed E-state index contributed by atoms with van der Waals surface area (Å²) in [6.45, 7) is 2.07. The molecule has 138 valence electrons. The van der Waals surface area contributed by atoms with Gasteiger partial charge in [-0.2, -0.15) is 0 Å². The largest absolute Gasteiger partial charge is 0.394 e. The van der Waals surface area contributed by atoms with Crippen molar-refractivity contribution < 1.29 is 14.7 Å². The molecule has 0 radical (unpaired) electrons. The van der Waals surface area contributed by atoms with E-state index in [1.165, 1.54) is 11.3 Å². The van der Waals surface area contributed by atoms with Crippen molar-refractivity contribution in [2.24, 2.45) is 0 Å². The number of benzene rings is 1. The van der Waals surface area contributed by atoms with E-state index in [1.807, 2.05) is 30.3 Å². The summed E-state index contributed by atoms with van der Waals surface area (Å²) in [6.07, 6.45) is 0. The van der Waals surface area contributed by atoms with Gasteiger partial charge >= 0.3 is 0 Å². The van der Waals surface area contributed by atoms with Gasteiger partial charge in [0.05, 0.1) is 6.61 Å². The van der Waals surface area contributed by atoms with Crippen LogP contribution in [0.25, 0.3) is 10.6 Å². The number of aliphatic hydroxyl groups excluding tert-OH is 1. The van der Waals surface area contributed by atoms with Crippen LogP contribution in [0.4, 0.5) is 0 Å². The molecule has 26 heavy (non-hydrogen) atoms. The first-order valence-electron chi connectivity index (χ1n) is 8.23. The second-order valence-corrected chi connectivity index (χ2v) is 8.11. The predicted octanol–water partition coefficient (Wildman–Crippen LogP) is 1.10. The maximum absolute atomic E-state index is 12.6. The number of piperazine rings is 1. The van der Waals surface area contributed by atoms with Gasteiger partial charge in [0.25, 0.3) is 5.91 Å². The molecule has 9 heteroatoms. The van der Waals surface area contributed by atoms with Gasteiger partial charge in [0, 0.05) is 31.7 Å². The Morgan fingerprint density at radius 3 is 2.65 bits per heavy atom. The molecule has 1 fully saturated rings. The average Bonchev–Trinajstić information content (AvgIpc) is 3.08. The molecular formula is C17H19BrN4O3S. The molecule has 1 aromatic carbocycles. The highest BCUT2D eigenvalue weighted by atomic mass is 79.9. The molecule has 2 heterocycles. The molecule has 0 saturated carbocycles. The highest BCUT2D eigenvalue weighted by Gasteiger charge is 2.28. The lowest BCUT2D eigenvalue weighted by Gasteiger charge is -2.30. The SMILES string of the molecule is O=C(NC(CO)C(=O)N1CCNCC1)c1nc(-c2ccccc2)sc1Br. The zero-order valence-corrected chi connectivity index (χ0v) is 16.3. The molecule has 1 aromatic heterocycles. The molecule has 2 aromatic rings. The Kier molecular flexibility index (Phi) is 6.36. The highest BCUT2D eigenvalue weighted by Crippen LogP contribution is 2.31. The summed E-state index contributed by atoms with van der Waals surface area (Å²) in [4.78, 5) is 31.1. The Balaban J connectivity index is 1.72. The minimum absolute atomic E-state index is 0.209. The molecule has 0 bridgehead atoms. The molecule has 2 amide bonds. The predicted molar refractivity (Wildman–Crippen MR) is 103 cm³/mol. The molecular weight excluding hydrogens is 420 g/mol. The highest BCUT2D eigenvalue weighted by molar-refractivity contribution is 9.11. The molecule has 1 atom stereocenters. The van der Waals surface area contributed by atoms with Gasteiger partial charge in [0.15, 0.2) is 5.69 Å². The Morgan fingerprint density at radius 1 is 1.31 bits per heavy atom. The van der Waals surface area contributed by atoms with Gasteiger partial charge < -0.3 is 20.6 Å². The van der Waals surface area contributed by atoms with Crippen LogP contribution in [0.2, 0.25) is 0 Å². The van der Waals surface area contributed by atoms with E-state index in [4.69, 9.17) is 0 Å². The minimum Gasteiger partial charge on any atom is -0.394 e. The van der Waals surface area contributed by atoms with Crippen LogP contribution in [0.1, 0.15) is 10.5 Å². The Hall–Kier alpha value is -1.81. The van der Waals surface area contributed by atoms with E-state index < -0.39 is 18.6 Å². The first-order valence-corrected chi connectivity index (χ1v) is 9.84. The number of carbonyl (C=O) groups is 2. The van der Waals surface area contributed by atoms with E-state index in [0.29, 0.717) is 35.0 Å². The number of amides is 2. The van der Waals surface area contributed by atoms with Crippen molar-refractivity contribution in [2.75, 3.05) is 32.8 Å². The van der Waals surface area contributed by atoms with Crippen molar-refractivity contribution in [3.05, 3.63) is 39.8 Å². The number of hydrogen-bond donors (Lipinski definition) is 3. The number of nitrogens with zero attached hydrogens (tertiary/aromatic N) is 2. The summed E-state index contributed by atoms with van der Waals surface area (Å²) in [5.41, 5.74) is 1.12. The van der Waals surface area contributed by atoms with Crippen LogP contribution in [0.5, 0.6) is 0 Å². The lowest BCUT2D eigenvalue weighted by molar-refractivity contribution is -0.134. The van der Waals surface area contributed by atoms with Gasteiger partial charge in [-0.1, -0.05) is 30.3 Å². The van der Waals surface area contributed by atoms with E-state index in [0.717, 1.165) is 5.56 Å². The van der Waals surface area contributed by atoms with Crippen molar-refractivity contribution in [1.82, 2.24) is 20.5 Å². The Bertz CT molecular complexity index is 778. The van der Waals surface area contributed by atoms with Gasteiger partial charge in [0.1, 0.15) is 14.8 Å². The summed E-state index contributed by atoms with van der Waals surface area (Å²) in [6, 6.07) is 8.56. The number of aliphatic hydroxyl groups is 1. The van der Waals surface area contributed by atoms with Crippen molar-refractivity contribution in [3.8, 4) is 10.6 Å². The van der Waals surface area contributed by atoms with Crippen LogP contribution in [-0.4, -0.2) is 65.6 Å². The molecule has 3 N–H and O–H groups in total. The second-order valence-electron chi connectivity index (χ2n) is 5.79. The first kappa shape index (κ1) is 19.0. The normalized spacial score (nSPS) is 15.5. The molecule has 1 saturated heterocycles. The van der Waals surface area contributed by atoms with Crippen molar-refractivity contribution >= 4 is 39.1 Å². The van der Waals surface area contributed by atoms with Gasteiger partial charge in [0.2, 0.25) is 5.91 Å². The van der Waals surface area contributed by atoms with Gasteiger partial charge in [-0.25, -0.2) is 4.98 Å². The molecule has 3 rings (SSSR count). The number of rotatable bonds is 5. The smallest absolute Gasteiger partial charge is 0.272 e. The fraction of sp³-hybridized carbons (Fsp3) is 0.353. The fourth-order valence-corrected chi connectivity index (χ4v) is 4.19. The molecule has 1 aliphatic rings. The van der Waals surface area contributed by atoms with E-state index in [1.54, 1.807) is 4.90 Å². The van der Waals surface area contributed by atoms with Crippen LogP contribution in [-0.2, 0) is 4.79 Å². The molecule has 7 nitrogen and oxygen atoms in total. The van der Waals surface area contributed by atoms with Crippen molar-refractivity contribution in [2.45, 2.75) is 6.04 Å². The van der Waals surface area contributed by atoms with Crippen molar-refractivity contribution in [1.29, 1.82) is 0 Å². The number of nitrogens with one attached hydrogen (secondary N) is 2. The Labute approximate surface area is 163 Å². The summed E-state index contributed by atoms with van der Waals surface area (Å²) >= 11 is 4.72. The molecule has 1 unspecified atom stereocenters. The summed E-state index contributed by atoms with van der Waals surface area (Å²) in [5, 5.41) is 16.0. The van der Waals surface area contributed by atoms with Crippen LogP contribution < -0.4 is 10.6 Å². The zero-order chi connectivity index (χ0) is 18.5. The van der Waals surface area contributed by atoms with E-state index in [2.05, 4.69) is 31.5 Å². The molecule has 0 spiro atoms. The maximum atomic E-state index is 12.6. The number of carbonyl (C=O) groups excluding carboxylic acids is 2. The van der Waals surface area contributed by atoms with Gasteiger partial charge in [-0.3, -0.25) is 9.59 Å². The third kappa shape index (κ3) is 4.29. The molecule has 1 aliphatic heterocycles. The lowest BCUT2D eigenvalue weighted by Crippen LogP contribution is -2.55. The summed E-state index contributed by atoms with van der Waals surface area (Å²) in [7, 11) is 0. The number of halogens is 1. The van der Waals surface area contributed by atoms with Crippen LogP contribution in [0, 0.1) is 0 Å². The average molecular weight is 439 g/mol. The topological polar surface area (TPSA) is 94.6 Å². The summed E-state index contributed by atoms with van der Waals surface area (Å²) in [5.74, 6) is -0.769. The standard InChI is InChI=1S/C17H19BrN4O3S/c18-14-13(21-16(26-14)11-4-2-1-3-5-11)15(24)20-12(10-23)17(25)22-8-6-19-7-9-22/h1-5,12,19,23H,6-10H2,(H,20,24). The van der Waals surface area contributed by atoms with Gasteiger partial charge in [-0.15, -0.1) is 11.3 Å². The molecule has 0 aliphatic carbocycles. The lowest BCUT2D eigenvalue weighted by atomic mass is 10.2. The third-order valence-corrected chi connectivity index (χ3v) is 5.79. The Morgan fingerprint density at radius 2 is 2.00 bits per heavy atom. The maximum Gasteiger partial charge on any atom is 0.272 e. The van der Waals surface area contributed by atoms with Crippen LogP contribution in [0.3, 0.4) is 0 Å². The van der Waals surface area contributed by atoms with Gasteiger partial charge in [-0.05, 0) is 15.9 Å². The second kappa shape index (κ2) is 8.72.